The van der Waals surface area contributed by atoms with Crippen LogP contribution in [0.25, 0.3) is 0 Å². The maximum absolute atomic E-state index is 14.6. The van der Waals surface area contributed by atoms with Crippen molar-refractivity contribution < 1.29 is 27.1 Å². The molecule has 1 saturated carbocycles. The molecule has 0 aliphatic heterocycles. The quantitative estimate of drug-likeness (QED) is 0.152. The number of sulfonamides is 1. The molecule has 252 valence electrons. The Kier molecular flexibility index (Phi) is 11.9. The maximum atomic E-state index is 14.6. The molecule has 0 saturated heterocycles. The Hall–Kier alpha value is -4.22. The number of ether oxygens (including phenoxy) is 1. The van der Waals surface area contributed by atoms with Crippen molar-refractivity contribution in [3.8, 4) is 5.75 Å². The van der Waals surface area contributed by atoms with Crippen molar-refractivity contribution in [3.63, 3.8) is 0 Å². The van der Waals surface area contributed by atoms with Gasteiger partial charge in [0.2, 0.25) is 11.8 Å². The highest BCUT2D eigenvalue weighted by atomic mass is 79.9. The third-order valence-electron chi connectivity index (χ3n) is 8.33. The molecule has 0 bridgehead atoms. The lowest BCUT2D eigenvalue weighted by atomic mass is 10.0. The van der Waals surface area contributed by atoms with Crippen LogP contribution in [0.5, 0.6) is 5.75 Å². The average molecular weight is 737 g/mol. The highest BCUT2D eigenvalue weighted by Crippen LogP contribution is 2.27. The van der Waals surface area contributed by atoms with Crippen molar-refractivity contribution >= 4 is 43.5 Å². The van der Waals surface area contributed by atoms with Gasteiger partial charge in [0, 0.05) is 23.5 Å². The summed E-state index contributed by atoms with van der Waals surface area (Å²) < 4.78 is 49.7. The first kappa shape index (κ1) is 35.1. The Balaban J connectivity index is 1.55. The third-order valence-corrected chi connectivity index (χ3v) is 10.6. The summed E-state index contributed by atoms with van der Waals surface area (Å²) in [5, 5.41) is 3.17. The van der Waals surface area contributed by atoms with Gasteiger partial charge in [0.25, 0.3) is 10.0 Å². The smallest absolute Gasteiger partial charge is 0.264 e. The van der Waals surface area contributed by atoms with E-state index in [1.165, 1.54) is 29.2 Å². The Morgan fingerprint density at radius 3 is 2.23 bits per heavy atom. The summed E-state index contributed by atoms with van der Waals surface area (Å²) in [6.45, 7) is 1.66. The van der Waals surface area contributed by atoms with E-state index in [1.54, 1.807) is 12.1 Å². The van der Waals surface area contributed by atoms with Gasteiger partial charge in [0.15, 0.2) is 0 Å². The van der Waals surface area contributed by atoms with E-state index in [0.717, 1.165) is 57.7 Å². The number of carbonyl (C=O) groups is 2. The Morgan fingerprint density at radius 1 is 0.917 bits per heavy atom. The molecular formula is C37H39BrFN3O5S. The second-order valence-electron chi connectivity index (χ2n) is 11.7. The zero-order valence-corrected chi connectivity index (χ0v) is 29.1. The molecule has 0 spiro atoms. The lowest BCUT2D eigenvalue weighted by Crippen LogP contribution is -2.54. The van der Waals surface area contributed by atoms with Gasteiger partial charge < -0.3 is 15.0 Å². The molecule has 1 aliphatic carbocycles. The summed E-state index contributed by atoms with van der Waals surface area (Å²) in [5.74, 6) is -0.933. The zero-order valence-electron chi connectivity index (χ0n) is 26.7. The largest absolute Gasteiger partial charge is 0.494 e. The zero-order chi connectivity index (χ0) is 34.1. The first-order valence-corrected chi connectivity index (χ1v) is 18.3. The van der Waals surface area contributed by atoms with E-state index < -0.39 is 34.3 Å². The fourth-order valence-electron chi connectivity index (χ4n) is 5.89. The van der Waals surface area contributed by atoms with E-state index in [2.05, 4.69) is 21.2 Å². The first-order chi connectivity index (χ1) is 23.1. The summed E-state index contributed by atoms with van der Waals surface area (Å²) in [6, 6.07) is 26.8. The van der Waals surface area contributed by atoms with E-state index >= 15 is 0 Å². The lowest BCUT2D eigenvalue weighted by Gasteiger charge is -2.34. The minimum Gasteiger partial charge on any atom is -0.494 e. The Morgan fingerprint density at radius 2 is 1.58 bits per heavy atom. The van der Waals surface area contributed by atoms with Gasteiger partial charge in [0.05, 0.1) is 17.2 Å². The number of nitrogens with one attached hydrogen (secondary N) is 1. The first-order valence-electron chi connectivity index (χ1n) is 16.0. The van der Waals surface area contributed by atoms with Crippen LogP contribution in [-0.4, -0.2) is 50.4 Å². The van der Waals surface area contributed by atoms with Gasteiger partial charge in [-0.1, -0.05) is 71.2 Å². The molecule has 1 fully saturated rings. The van der Waals surface area contributed by atoms with E-state index in [9.17, 15) is 22.4 Å². The molecule has 1 aliphatic rings. The van der Waals surface area contributed by atoms with Gasteiger partial charge in [-0.05, 0) is 91.6 Å². The SMILES string of the molecule is CCOc1ccc(S(=O)(=O)N(CC(=O)N(Cc2cccc(Br)c2)[C@@H](Cc2ccccc2)C(=O)NC2CCCC2)c2ccc(F)cc2)cc1. The number of hydrogen-bond acceptors (Lipinski definition) is 5. The van der Waals surface area contributed by atoms with Crippen LogP contribution in [0.1, 0.15) is 43.7 Å². The monoisotopic (exact) mass is 735 g/mol. The molecule has 4 aromatic rings. The minimum absolute atomic E-state index is 0.00865. The summed E-state index contributed by atoms with van der Waals surface area (Å²) >= 11 is 3.50. The number of nitrogens with zero attached hydrogens (tertiary/aromatic N) is 2. The molecule has 0 aromatic heterocycles. The third kappa shape index (κ3) is 9.02. The summed E-state index contributed by atoms with van der Waals surface area (Å²) in [5.41, 5.74) is 1.72. The van der Waals surface area contributed by atoms with Crippen LogP contribution < -0.4 is 14.4 Å². The number of rotatable bonds is 14. The summed E-state index contributed by atoms with van der Waals surface area (Å²) in [6.07, 6.45) is 3.99. The predicted molar refractivity (Wildman–Crippen MR) is 188 cm³/mol. The van der Waals surface area contributed by atoms with Gasteiger partial charge in [-0.15, -0.1) is 0 Å². The molecule has 1 N–H and O–H groups in total. The maximum Gasteiger partial charge on any atom is 0.264 e. The van der Waals surface area contributed by atoms with Crippen LogP contribution in [0.3, 0.4) is 0 Å². The van der Waals surface area contributed by atoms with Crippen LogP contribution in [0, 0.1) is 5.82 Å². The van der Waals surface area contributed by atoms with Crippen molar-refractivity contribution in [2.24, 2.45) is 0 Å². The molecule has 1 atom stereocenters. The Labute approximate surface area is 290 Å². The van der Waals surface area contributed by atoms with Crippen LogP contribution in [0.15, 0.2) is 112 Å². The van der Waals surface area contributed by atoms with Crippen LogP contribution in [-0.2, 0) is 32.6 Å². The normalized spacial score (nSPS) is 13.9. The standard InChI is InChI=1S/C37H39BrFN3O5S/c1-2-47-33-19-21-34(22-20-33)48(45,46)42(32-17-15-30(39)16-18-32)26-36(43)41(25-28-11-8-12-29(38)23-28)35(24-27-9-4-3-5-10-27)37(44)40-31-13-6-7-14-31/h3-5,8-12,15-23,31,35H,2,6-7,13-14,24-26H2,1H3,(H,40,44)/t35-/m0/s1. The second kappa shape index (κ2) is 16.3. The van der Waals surface area contributed by atoms with Crippen molar-refractivity contribution in [2.45, 2.75) is 62.6 Å². The molecule has 4 aromatic carbocycles. The highest BCUT2D eigenvalue weighted by Gasteiger charge is 2.35. The van der Waals surface area contributed by atoms with Crippen molar-refractivity contribution in [1.29, 1.82) is 0 Å². The summed E-state index contributed by atoms with van der Waals surface area (Å²) in [7, 11) is -4.33. The van der Waals surface area contributed by atoms with E-state index in [1.807, 2.05) is 61.5 Å². The number of hydrogen-bond donors (Lipinski definition) is 1. The minimum atomic E-state index is -4.33. The highest BCUT2D eigenvalue weighted by molar-refractivity contribution is 9.10. The average Bonchev–Trinajstić information content (AvgIpc) is 3.59. The number of benzene rings is 4. The van der Waals surface area contributed by atoms with Crippen LogP contribution in [0.4, 0.5) is 10.1 Å². The van der Waals surface area contributed by atoms with Crippen molar-refractivity contribution in [3.05, 3.63) is 125 Å². The molecule has 5 rings (SSSR count). The fourth-order valence-corrected chi connectivity index (χ4v) is 7.75. The van der Waals surface area contributed by atoms with E-state index in [4.69, 9.17) is 4.74 Å². The molecule has 0 unspecified atom stereocenters. The molecule has 48 heavy (non-hydrogen) atoms. The summed E-state index contributed by atoms with van der Waals surface area (Å²) in [4.78, 5) is 30.1. The number of amides is 2. The van der Waals surface area contributed by atoms with Gasteiger partial charge in [0.1, 0.15) is 24.2 Å². The van der Waals surface area contributed by atoms with Crippen LogP contribution in [0.2, 0.25) is 0 Å². The number of carbonyl (C=O) groups excluding carboxylic acids is 2. The lowest BCUT2D eigenvalue weighted by molar-refractivity contribution is -0.140. The molecule has 2 amide bonds. The van der Waals surface area contributed by atoms with Crippen molar-refractivity contribution in [2.75, 3.05) is 17.5 Å². The van der Waals surface area contributed by atoms with Gasteiger partial charge >= 0.3 is 0 Å². The number of anilines is 1. The number of halogens is 2. The molecule has 0 radical (unpaired) electrons. The van der Waals surface area contributed by atoms with E-state index in [0.29, 0.717) is 12.4 Å². The van der Waals surface area contributed by atoms with Crippen LogP contribution >= 0.6 is 15.9 Å². The fraction of sp³-hybridized carbons (Fsp3) is 0.297. The molecule has 0 heterocycles. The second-order valence-corrected chi connectivity index (χ2v) is 14.5. The predicted octanol–water partition coefficient (Wildman–Crippen LogP) is 6.88. The molecule has 8 nitrogen and oxygen atoms in total. The molecule has 11 heteroatoms. The molecular weight excluding hydrogens is 697 g/mol. The van der Waals surface area contributed by atoms with Gasteiger partial charge in [-0.2, -0.15) is 0 Å². The van der Waals surface area contributed by atoms with Crippen molar-refractivity contribution in [1.82, 2.24) is 10.2 Å². The van der Waals surface area contributed by atoms with Gasteiger partial charge in [-0.25, -0.2) is 12.8 Å². The topological polar surface area (TPSA) is 96.0 Å². The van der Waals surface area contributed by atoms with E-state index in [-0.39, 0.29) is 35.5 Å². The van der Waals surface area contributed by atoms with Gasteiger partial charge in [-0.3, -0.25) is 13.9 Å². The Bertz CT molecular complexity index is 1780.